The molecule has 0 saturated carbocycles. The fraction of sp³-hybridized carbons (Fsp3) is 0.516. The van der Waals surface area contributed by atoms with Crippen LogP contribution < -0.4 is 25.2 Å². The van der Waals surface area contributed by atoms with E-state index in [9.17, 15) is 18.0 Å². The van der Waals surface area contributed by atoms with Crippen LogP contribution in [-0.4, -0.2) is 38.1 Å². The molecule has 1 saturated heterocycles. The Kier molecular flexibility index (Phi) is 8.52. The van der Waals surface area contributed by atoms with Gasteiger partial charge in [-0.25, -0.2) is 4.79 Å². The van der Waals surface area contributed by atoms with Gasteiger partial charge < -0.3 is 18.6 Å². The van der Waals surface area contributed by atoms with Crippen molar-refractivity contribution in [1.82, 2.24) is 10.2 Å². The second-order valence-electron chi connectivity index (χ2n) is 11.0. The van der Waals surface area contributed by atoms with Crippen LogP contribution >= 0.6 is 0 Å². The van der Waals surface area contributed by atoms with E-state index in [1.165, 1.54) is 6.07 Å². The topological polar surface area (TPSA) is 73.2 Å². The summed E-state index contributed by atoms with van der Waals surface area (Å²) >= 11 is 0. The monoisotopic (exact) mass is 574 g/mol. The lowest BCUT2D eigenvalue weighted by Crippen LogP contribution is -2.36. The van der Waals surface area contributed by atoms with Gasteiger partial charge in [0.25, 0.3) is 0 Å². The number of aryl methyl sites for hydroxylation is 2. The largest absolute Gasteiger partial charge is 0.493 e. The molecule has 0 radical (unpaired) electrons. The van der Waals surface area contributed by atoms with Crippen LogP contribution in [0.15, 0.2) is 39.5 Å². The molecule has 41 heavy (non-hydrogen) atoms. The number of alkyl halides is 3. The lowest BCUT2D eigenvalue weighted by atomic mass is 9.92. The van der Waals surface area contributed by atoms with Gasteiger partial charge in [0, 0.05) is 30.2 Å². The van der Waals surface area contributed by atoms with Crippen molar-refractivity contribution in [3.8, 4) is 17.2 Å². The third-order valence-corrected chi connectivity index (χ3v) is 7.84. The standard InChI is InChI=1S/C31H37F3N2O5/c1-4-8-20-14-23-24(31(32,33)34)16-27(37)41-29(23)22(9-5-2)28(20)38-13-7-6-12-36-17-30(3,35-18-36)21-10-11-25-26(15-21)40-19-39-25/h10-11,14-16,35H,4-9,12-13,17-19H2,1-3H3. The third-order valence-electron chi connectivity index (χ3n) is 7.84. The fourth-order valence-electron chi connectivity index (χ4n) is 5.80. The Bertz CT molecular complexity index is 1450. The normalized spacial score (nSPS) is 18.9. The maximum absolute atomic E-state index is 13.8. The quantitative estimate of drug-likeness (QED) is 0.210. The molecule has 7 nitrogen and oxygen atoms in total. The molecule has 1 aromatic heterocycles. The van der Waals surface area contributed by atoms with Crippen molar-refractivity contribution in [2.75, 3.05) is 33.2 Å². The Morgan fingerprint density at radius 1 is 1.05 bits per heavy atom. The minimum absolute atomic E-state index is 0.0209. The molecule has 10 heteroatoms. The number of ether oxygens (including phenoxy) is 3. The zero-order valence-electron chi connectivity index (χ0n) is 23.8. The first-order valence-corrected chi connectivity index (χ1v) is 14.3. The lowest BCUT2D eigenvalue weighted by molar-refractivity contribution is -0.136. The summed E-state index contributed by atoms with van der Waals surface area (Å²) in [5, 5.41) is 3.54. The van der Waals surface area contributed by atoms with Gasteiger partial charge in [-0.1, -0.05) is 32.8 Å². The highest BCUT2D eigenvalue weighted by Gasteiger charge is 2.36. The van der Waals surface area contributed by atoms with Gasteiger partial charge in [0.05, 0.1) is 17.7 Å². The lowest BCUT2D eigenvalue weighted by Gasteiger charge is -2.25. The van der Waals surface area contributed by atoms with Crippen LogP contribution in [0.3, 0.4) is 0 Å². The van der Waals surface area contributed by atoms with E-state index in [1.807, 2.05) is 26.0 Å². The third kappa shape index (κ3) is 6.18. The highest BCUT2D eigenvalue weighted by molar-refractivity contribution is 5.87. The van der Waals surface area contributed by atoms with Crippen molar-refractivity contribution >= 4 is 11.0 Å². The van der Waals surface area contributed by atoms with E-state index in [2.05, 4.69) is 23.2 Å². The smallest absolute Gasteiger partial charge is 0.417 e. The molecule has 1 atom stereocenters. The first kappa shape index (κ1) is 29.3. The van der Waals surface area contributed by atoms with E-state index >= 15 is 0 Å². The Morgan fingerprint density at radius 3 is 2.59 bits per heavy atom. The van der Waals surface area contributed by atoms with Gasteiger partial charge in [-0.3, -0.25) is 10.2 Å². The summed E-state index contributed by atoms with van der Waals surface area (Å²) in [7, 11) is 0. The summed E-state index contributed by atoms with van der Waals surface area (Å²) in [6.07, 6.45) is -0.555. The van der Waals surface area contributed by atoms with Crippen LogP contribution in [0, 0.1) is 0 Å². The number of hydrogen-bond donors (Lipinski definition) is 1. The van der Waals surface area contributed by atoms with E-state index in [0.29, 0.717) is 48.8 Å². The molecule has 222 valence electrons. The van der Waals surface area contributed by atoms with Crippen molar-refractivity contribution in [2.24, 2.45) is 0 Å². The summed E-state index contributed by atoms with van der Waals surface area (Å²) < 4.78 is 64.1. The molecule has 2 aliphatic rings. The van der Waals surface area contributed by atoms with Crippen LogP contribution in [-0.2, 0) is 24.6 Å². The van der Waals surface area contributed by atoms with E-state index in [1.54, 1.807) is 0 Å². The number of benzene rings is 2. The Morgan fingerprint density at radius 2 is 1.83 bits per heavy atom. The molecule has 3 aromatic rings. The maximum Gasteiger partial charge on any atom is 0.417 e. The molecule has 1 N–H and O–H groups in total. The maximum atomic E-state index is 13.8. The molecular formula is C31H37F3N2O5. The second kappa shape index (κ2) is 11.9. The van der Waals surface area contributed by atoms with Crippen molar-refractivity contribution in [1.29, 1.82) is 0 Å². The molecule has 3 heterocycles. The number of halogens is 3. The van der Waals surface area contributed by atoms with Gasteiger partial charge in [-0.2, -0.15) is 13.2 Å². The summed E-state index contributed by atoms with van der Waals surface area (Å²) in [4.78, 5) is 14.5. The summed E-state index contributed by atoms with van der Waals surface area (Å²) in [6.45, 7) is 9.25. The Labute approximate surface area is 237 Å². The van der Waals surface area contributed by atoms with E-state index in [-0.39, 0.29) is 23.3 Å². The Balaban J connectivity index is 1.25. The fourth-order valence-corrected chi connectivity index (χ4v) is 5.80. The van der Waals surface area contributed by atoms with Gasteiger partial charge in [0.1, 0.15) is 11.3 Å². The zero-order chi connectivity index (χ0) is 29.2. The van der Waals surface area contributed by atoms with Gasteiger partial charge in [-0.05, 0) is 68.5 Å². The second-order valence-corrected chi connectivity index (χ2v) is 11.0. The van der Waals surface area contributed by atoms with Gasteiger partial charge in [-0.15, -0.1) is 0 Å². The SMILES string of the molecule is CCCc1cc2c(C(F)(F)F)cc(=O)oc2c(CCC)c1OCCCCN1CNC(C)(c2ccc3c(c2)OCO3)C1. The van der Waals surface area contributed by atoms with Crippen LogP contribution in [0.25, 0.3) is 11.0 Å². The summed E-state index contributed by atoms with van der Waals surface area (Å²) in [5.41, 5.74) is 0.209. The molecule has 0 aliphatic carbocycles. The summed E-state index contributed by atoms with van der Waals surface area (Å²) in [5.74, 6) is 2.10. The Hall–Kier alpha value is -3.24. The average molecular weight is 575 g/mol. The molecule has 2 aliphatic heterocycles. The first-order chi connectivity index (χ1) is 19.6. The molecule has 0 spiro atoms. The van der Waals surface area contributed by atoms with Gasteiger partial charge in [0.15, 0.2) is 11.5 Å². The molecule has 1 unspecified atom stereocenters. The van der Waals surface area contributed by atoms with E-state index in [0.717, 1.165) is 56.1 Å². The molecule has 0 amide bonds. The zero-order valence-corrected chi connectivity index (χ0v) is 23.8. The average Bonchev–Trinajstić information content (AvgIpc) is 3.56. The highest BCUT2D eigenvalue weighted by atomic mass is 19.4. The van der Waals surface area contributed by atoms with Crippen LogP contribution in [0.4, 0.5) is 13.2 Å². The van der Waals surface area contributed by atoms with Crippen molar-refractivity contribution < 1.29 is 31.8 Å². The van der Waals surface area contributed by atoms with Gasteiger partial charge in [0.2, 0.25) is 6.79 Å². The van der Waals surface area contributed by atoms with Gasteiger partial charge >= 0.3 is 11.8 Å². The molecule has 1 fully saturated rings. The van der Waals surface area contributed by atoms with Crippen molar-refractivity contribution in [2.45, 2.75) is 71.0 Å². The minimum atomic E-state index is -4.66. The van der Waals surface area contributed by atoms with Crippen molar-refractivity contribution in [3.05, 3.63) is 63.0 Å². The summed E-state index contributed by atoms with van der Waals surface area (Å²) in [6, 6.07) is 8.10. The number of nitrogens with zero attached hydrogens (tertiary/aromatic N) is 1. The van der Waals surface area contributed by atoms with Crippen LogP contribution in [0.1, 0.15) is 68.7 Å². The van der Waals surface area contributed by atoms with Crippen molar-refractivity contribution in [3.63, 3.8) is 0 Å². The highest BCUT2D eigenvalue weighted by Crippen LogP contribution is 2.40. The molecule has 0 bridgehead atoms. The van der Waals surface area contributed by atoms with E-state index < -0.39 is 17.4 Å². The number of fused-ring (bicyclic) bond motifs is 2. The minimum Gasteiger partial charge on any atom is -0.493 e. The first-order valence-electron chi connectivity index (χ1n) is 14.3. The molecular weight excluding hydrogens is 537 g/mol. The number of rotatable bonds is 11. The number of hydrogen-bond acceptors (Lipinski definition) is 7. The van der Waals surface area contributed by atoms with E-state index in [4.69, 9.17) is 18.6 Å². The predicted octanol–water partition coefficient (Wildman–Crippen LogP) is 6.38. The van der Waals surface area contributed by atoms with Crippen LogP contribution in [0.5, 0.6) is 17.2 Å². The molecule has 5 rings (SSSR count). The number of nitrogens with one attached hydrogen (secondary N) is 1. The van der Waals surface area contributed by atoms with Crippen LogP contribution in [0.2, 0.25) is 0 Å². The number of unbranched alkanes of at least 4 members (excludes halogenated alkanes) is 1. The molecule has 2 aromatic carbocycles. The predicted molar refractivity (Wildman–Crippen MR) is 150 cm³/mol.